The molecule has 1 fully saturated rings. The highest BCUT2D eigenvalue weighted by Crippen LogP contribution is 2.21. The van der Waals surface area contributed by atoms with Crippen molar-refractivity contribution < 1.29 is 4.79 Å². The molecule has 1 amide bonds. The van der Waals surface area contributed by atoms with Gasteiger partial charge in [0.2, 0.25) is 0 Å². The van der Waals surface area contributed by atoms with Crippen molar-refractivity contribution in [3.8, 4) is 0 Å². The van der Waals surface area contributed by atoms with Gasteiger partial charge in [0, 0.05) is 25.1 Å². The number of hydrogen-bond donors (Lipinski definition) is 1. The summed E-state index contributed by atoms with van der Waals surface area (Å²) >= 11 is 0. The van der Waals surface area contributed by atoms with Crippen molar-refractivity contribution in [1.29, 1.82) is 0 Å². The Kier molecular flexibility index (Phi) is 4.04. The summed E-state index contributed by atoms with van der Waals surface area (Å²) < 4.78 is 1.89. The summed E-state index contributed by atoms with van der Waals surface area (Å²) in [5.74, 6) is 0.0472. The topological polar surface area (TPSA) is 89.9 Å². The van der Waals surface area contributed by atoms with Crippen LogP contribution in [0.5, 0.6) is 0 Å². The Balaban J connectivity index is 1.80. The second-order valence-corrected chi connectivity index (χ2v) is 5.68. The first-order chi connectivity index (χ1) is 10.6. The standard InChI is InChI=1S/C15H20N6O/c1-11-8-19-20(9-11)10-12-4-2-3-7-21(12)15(22)13-14(16)18-6-5-17-13/h5-6,8-9,12H,2-4,7,10H2,1H3,(H2,16,18)/t12-/m1/s1. The summed E-state index contributed by atoms with van der Waals surface area (Å²) in [4.78, 5) is 22.7. The van der Waals surface area contributed by atoms with E-state index in [1.54, 1.807) is 0 Å². The molecule has 3 heterocycles. The zero-order valence-corrected chi connectivity index (χ0v) is 12.6. The molecule has 0 saturated carbocycles. The van der Waals surface area contributed by atoms with E-state index in [0.717, 1.165) is 31.4 Å². The third kappa shape index (κ3) is 2.93. The van der Waals surface area contributed by atoms with Crippen molar-refractivity contribution in [1.82, 2.24) is 24.6 Å². The molecule has 0 radical (unpaired) electrons. The number of piperidine rings is 1. The molecule has 1 aliphatic rings. The van der Waals surface area contributed by atoms with Crippen LogP contribution in [-0.4, -0.2) is 43.1 Å². The highest BCUT2D eigenvalue weighted by atomic mass is 16.2. The summed E-state index contributed by atoms with van der Waals surface area (Å²) in [7, 11) is 0. The highest BCUT2D eigenvalue weighted by Gasteiger charge is 2.29. The smallest absolute Gasteiger partial charge is 0.276 e. The van der Waals surface area contributed by atoms with Gasteiger partial charge in [-0.1, -0.05) is 0 Å². The fraction of sp³-hybridized carbons (Fsp3) is 0.467. The molecular weight excluding hydrogens is 280 g/mol. The number of likely N-dealkylation sites (tertiary alicyclic amines) is 1. The van der Waals surface area contributed by atoms with Gasteiger partial charge in [0.15, 0.2) is 11.5 Å². The SMILES string of the molecule is Cc1cnn(C[C@H]2CCCCN2C(=O)c2nccnc2N)c1. The lowest BCUT2D eigenvalue weighted by Gasteiger charge is -2.35. The van der Waals surface area contributed by atoms with Gasteiger partial charge in [0.25, 0.3) is 5.91 Å². The molecule has 2 N–H and O–H groups in total. The van der Waals surface area contributed by atoms with Gasteiger partial charge >= 0.3 is 0 Å². The minimum absolute atomic E-state index is 0.113. The summed E-state index contributed by atoms with van der Waals surface area (Å²) in [6.45, 7) is 3.42. The Morgan fingerprint density at radius 3 is 2.91 bits per heavy atom. The van der Waals surface area contributed by atoms with Crippen molar-refractivity contribution >= 4 is 11.7 Å². The zero-order valence-electron chi connectivity index (χ0n) is 12.6. The second-order valence-electron chi connectivity index (χ2n) is 5.68. The maximum absolute atomic E-state index is 12.7. The van der Waals surface area contributed by atoms with E-state index in [0.29, 0.717) is 6.54 Å². The Morgan fingerprint density at radius 1 is 1.36 bits per heavy atom. The highest BCUT2D eigenvalue weighted by molar-refractivity contribution is 5.96. The molecule has 1 aliphatic heterocycles. The number of nitrogens with two attached hydrogens (primary N) is 1. The average molecular weight is 300 g/mol. The lowest BCUT2D eigenvalue weighted by Crippen LogP contribution is -2.46. The third-order valence-electron chi connectivity index (χ3n) is 3.98. The number of nitrogens with zero attached hydrogens (tertiary/aromatic N) is 5. The van der Waals surface area contributed by atoms with E-state index in [9.17, 15) is 4.79 Å². The van der Waals surface area contributed by atoms with Crippen LogP contribution in [0.2, 0.25) is 0 Å². The van der Waals surface area contributed by atoms with Crippen LogP contribution in [0.1, 0.15) is 35.3 Å². The quantitative estimate of drug-likeness (QED) is 0.921. The Hall–Kier alpha value is -2.44. The van der Waals surface area contributed by atoms with E-state index in [1.807, 2.05) is 28.9 Å². The molecule has 1 atom stereocenters. The van der Waals surface area contributed by atoms with E-state index in [-0.39, 0.29) is 23.5 Å². The van der Waals surface area contributed by atoms with Gasteiger partial charge in [-0.25, -0.2) is 9.97 Å². The molecule has 3 rings (SSSR count). The first-order valence-electron chi connectivity index (χ1n) is 7.51. The number of amides is 1. The fourth-order valence-electron chi connectivity index (χ4n) is 2.89. The van der Waals surface area contributed by atoms with Crippen LogP contribution < -0.4 is 5.73 Å². The van der Waals surface area contributed by atoms with Gasteiger partial charge in [-0.05, 0) is 31.7 Å². The molecule has 0 aromatic carbocycles. The molecular formula is C15H20N6O. The predicted octanol–water partition coefficient (Wildman–Crippen LogP) is 1.26. The Labute approximate surface area is 129 Å². The van der Waals surface area contributed by atoms with Gasteiger partial charge in [-0.3, -0.25) is 9.48 Å². The van der Waals surface area contributed by atoms with Crippen molar-refractivity contribution in [3.63, 3.8) is 0 Å². The fourth-order valence-corrected chi connectivity index (χ4v) is 2.89. The Bertz CT molecular complexity index is 668. The van der Waals surface area contributed by atoms with Crippen LogP contribution in [0.15, 0.2) is 24.8 Å². The van der Waals surface area contributed by atoms with Gasteiger partial charge in [-0.2, -0.15) is 5.10 Å². The number of rotatable bonds is 3. The molecule has 0 unspecified atom stereocenters. The van der Waals surface area contributed by atoms with E-state index >= 15 is 0 Å². The molecule has 0 bridgehead atoms. The minimum atomic E-state index is -0.140. The summed E-state index contributed by atoms with van der Waals surface area (Å²) in [6, 6.07) is 0.113. The van der Waals surface area contributed by atoms with Crippen molar-refractivity contribution in [2.75, 3.05) is 12.3 Å². The first kappa shape index (κ1) is 14.5. The second kappa shape index (κ2) is 6.13. The number of aryl methyl sites for hydroxylation is 1. The van der Waals surface area contributed by atoms with Crippen LogP contribution in [0.4, 0.5) is 5.82 Å². The molecule has 116 valence electrons. The third-order valence-corrected chi connectivity index (χ3v) is 3.98. The molecule has 7 nitrogen and oxygen atoms in total. The zero-order chi connectivity index (χ0) is 15.5. The summed E-state index contributed by atoms with van der Waals surface area (Å²) in [6.07, 6.45) is 9.89. The van der Waals surface area contributed by atoms with Crippen LogP contribution >= 0.6 is 0 Å². The molecule has 1 saturated heterocycles. The summed E-state index contributed by atoms with van der Waals surface area (Å²) in [5, 5.41) is 4.32. The van der Waals surface area contributed by atoms with Gasteiger partial charge in [0.1, 0.15) is 0 Å². The van der Waals surface area contributed by atoms with Crippen LogP contribution in [-0.2, 0) is 6.54 Å². The monoisotopic (exact) mass is 300 g/mol. The molecule has 2 aromatic heterocycles. The number of nitrogen functional groups attached to an aromatic ring is 1. The molecule has 0 aliphatic carbocycles. The normalized spacial score (nSPS) is 18.4. The maximum atomic E-state index is 12.7. The molecule has 7 heteroatoms. The van der Waals surface area contributed by atoms with Crippen LogP contribution in [0.25, 0.3) is 0 Å². The van der Waals surface area contributed by atoms with Crippen molar-refractivity contribution in [3.05, 3.63) is 36.0 Å². The maximum Gasteiger partial charge on any atom is 0.276 e. The first-order valence-corrected chi connectivity index (χ1v) is 7.51. The van der Waals surface area contributed by atoms with Crippen LogP contribution in [0, 0.1) is 6.92 Å². The summed E-state index contributed by atoms with van der Waals surface area (Å²) in [5.41, 5.74) is 7.15. The van der Waals surface area contributed by atoms with E-state index < -0.39 is 0 Å². The minimum Gasteiger partial charge on any atom is -0.382 e. The number of carbonyl (C=O) groups is 1. The predicted molar refractivity (Wildman–Crippen MR) is 82.1 cm³/mol. The van der Waals surface area contributed by atoms with Gasteiger partial charge in [0.05, 0.1) is 18.8 Å². The molecule has 22 heavy (non-hydrogen) atoms. The largest absolute Gasteiger partial charge is 0.382 e. The lowest BCUT2D eigenvalue weighted by atomic mass is 10.0. The number of carbonyl (C=O) groups excluding carboxylic acids is 1. The van der Waals surface area contributed by atoms with E-state index in [2.05, 4.69) is 15.1 Å². The van der Waals surface area contributed by atoms with Crippen molar-refractivity contribution in [2.45, 2.75) is 38.8 Å². The van der Waals surface area contributed by atoms with Gasteiger partial charge in [-0.15, -0.1) is 0 Å². The van der Waals surface area contributed by atoms with Crippen molar-refractivity contribution in [2.24, 2.45) is 0 Å². The van der Waals surface area contributed by atoms with E-state index in [1.165, 1.54) is 12.4 Å². The lowest BCUT2D eigenvalue weighted by molar-refractivity contribution is 0.0578. The van der Waals surface area contributed by atoms with E-state index in [4.69, 9.17) is 5.73 Å². The number of aromatic nitrogens is 4. The Morgan fingerprint density at radius 2 is 2.18 bits per heavy atom. The molecule has 2 aromatic rings. The van der Waals surface area contributed by atoms with Crippen LogP contribution in [0.3, 0.4) is 0 Å². The number of anilines is 1. The van der Waals surface area contributed by atoms with Gasteiger partial charge < -0.3 is 10.6 Å². The molecule has 0 spiro atoms. The average Bonchev–Trinajstić information content (AvgIpc) is 2.93. The number of hydrogen-bond acceptors (Lipinski definition) is 5.